The zero-order chi connectivity index (χ0) is 19.8. The van der Waals surface area contributed by atoms with E-state index in [0.29, 0.717) is 6.54 Å². The molecule has 28 heavy (non-hydrogen) atoms. The monoisotopic (exact) mass is 420 g/mol. The number of hydrogen-bond donors (Lipinski definition) is 2. The molecule has 4 nitrogen and oxygen atoms in total. The molecule has 0 amide bonds. The lowest BCUT2D eigenvalue weighted by molar-refractivity contribution is -0.899. The van der Waals surface area contributed by atoms with Crippen LogP contribution in [0.1, 0.15) is 43.4 Å². The number of hydrogen-bond acceptors (Lipinski definition) is 2. The Morgan fingerprint density at radius 1 is 1.21 bits per heavy atom. The molecule has 0 saturated carbocycles. The molecule has 0 radical (unpaired) electrons. The first kappa shape index (κ1) is 21.2. The van der Waals surface area contributed by atoms with Gasteiger partial charge in [0.25, 0.3) is 0 Å². The zero-order valence-electron chi connectivity index (χ0n) is 16.7. The SMILES string of the molecule is Cc1cc(NC(=S)N(CCC[NH+]2CCCCCC2)Cc2ccco2)ccc1Cl. The Kier molecular flexibility index (Phi) is 8.19. The first-order valence-corrected chi connectivity index (χ1v) is 11.1. The fourth-order valence-corrected chi connectivity index (χ4v) is 4.16. The molecule has 1 aliphatic heterocycles. The van der Waals surface area contributed by atoms with Crippen molar-refractivity contribution in [3.63, 3.8) is 0 Å². The van der Waals surface area contributed by atoms with Crippen LogP contribution in [0.2, 0.25) is 5.02 Å². The van der Waals surface area contributed by atoms with Crippen molar-refractivity contribution in [2.75, 3.05) is 31.5 Å². The molecular weight excluding hydrogens is 390 g/mol. The topological polar surface area (TPSA) is 32.9 Å². The second-order valence-electron chi connectivity index (χ2n) is 7.66. The molecule has 152 valence electrons. The molecule has 1 aliphatic rings. The fraction of sp³-hybridized carbons (Fsp3) is 0.500. The van der Waals surface area contributed by atoms with E-state index in [1.807, 2.05) is 37.3 Å². The Balaban J connectivity index is 1.58. The quantitative estimate of drug-likeness (QED) is 0.654. The van der Waals surface area contributed by atoms with Crippen LogP contribution >= 0.6 is 23.8 Å². The van der Waals surface area contributed by atoms with Gasteiger partial charge in [-0.15, -0.1) is 0 Å². The fourth-order valence-electron chi connectivity index (χ4n) is 3.77. The van der Waals surface area contributed by atoms with Crippen molar-refractivity contribution in [2.24, 2.45) is 0 Å². The molecule has 2 aromatic rings. The van der Waals surface area contributed by atoms with Gasteiger partial charge in [0, 0.05) is 23.7 Å². The molecule has 0 aliphatic carbocycles. The number of furan rings is 1. The highest BCUT2D eigenvalue weighted by molar-refractivity contribution is 7.80. The van der Waals surface area contributed by atoms with Crippen molar-refractivity contribution >= 4 is 34.6 Å². The van der Waals surface area contributed by atoms with Crippen molar-refractivity contribution in [1.82, 2.24) is 4.90 Å². The Bertz CT molecular complexity index is 742. The average molecular weight is 421 g/mol. The lowest BCUT2D eigenvalue weighted by Crippen LogP contribution is -3.11. The molecular formula is C22H31ClN3OS+. The number of nitrogens with one attached hydrogen (secondary N) is 2. The van der Waals surface area contributed by atoms with Crippen LogP contribution in [0.5, 0.6) is 0 Å². The van der Waals surface area contributed by atoms with Crippen LogP contribution in [-0.4, -0.2) is 36.2 Å². The average Bonchev–Trinajstić information content (AvgIpc) is 3.05. The van der Waals surface area contributed by atoms with E-state index in [0.717, 1.165) is 40.1 Å². The van der Waals surface area contributed by atoms with E-state index in [4.69, 9.17) is 28.2 Å². The molecule has 1 aromatic heterocycles. The molecule has 1 fully saturated rings. The number of nitrogens with zero attached hydrogens (tertiary/aromatic N) is 1. The van der Waals surface area contributed by atoms with Crippen LogP contribution in [-0.2, 0) is 6.54 Å². The lowest BCUT2D eigenvalue weighted by atomic mass is 10.2. The summed E-state index contributed by atoms with van der Waals surface area (Å²) in [4.78, 5) is 3.94. The number of aryl methyl sites for hydroxylation is 1. The van der Waals surface area contributed by atoms with Crippen LogP contribution in [0.3, 0.4) is 0 Å². The van der Waals surface area contributed by atoms with Crippen molar-refractivity contribution in [3.8, 4) is 0 Å². The van der Waals surface area contributed by atoms with Gasteiger partial charge < -0.3 is 19.5 Å². The number of rotatable bonds is 7. The van der Waals surface area contributed by atoms with E-state index >= 15 is 0 Å². The Morgan fingerprint density at radius 2 is 2.00 bits per heavy atom. The van der Waals surface area contributed by atoms with Gasteiger partial charge in [0.05, 0.1) is 32.4 Å². The Morgan fingerprint density at radius 3 is 2.68 bits per heavy atom. The van der Waals surface area contributed by atoms with E-state index in [1.165, 1.54) is 45.3 Å². The molecule has 1 aromatic carbocycles. The van der Waals surface area contributed by atoms with Crippen LogP contribution < -0.4 is 10.2 Å². The molecule has 0 atom stereocenters. The van der Waals surface area contributed by atoms with Gasteiger partial charge in [-0.05, 0) is 80.7 Å². The zero-order valence-corrected chi connectivity index (χ0v) is 18.2. The van der Waals surface area contributed by atoms with Gasteiger partial charge in [0.15, 0.2) is 5.11 Å². The summed E-state index contributed by atoms with van der Waals surface area (Å²) in [6, 6.07) is 9.83. The van der Waals surface area contributed by atoms with Crippen molar-refractivity contribution < 1.29 is 9.32 Å². The molecule has 6 heteroatoms. The second-order valence-corrected chi connectivity index (χ2v) is 8.46. The minimum Gasteiger partial charge on any atom is -0.467 e. The maximum Gasteiger partial charge on any atom is 0.173 e. The number of benzene rings is 1. The molecule has 0 spiro atoms. The summed E-state index contributed by atoms with van der Waals surface area (Å²) in [6.07, 6.45) is 8.35. The molecule has 3 rings (SSSR count). The van der Waals surface area contributed by atoms with Crippen LogP contribution in [0.4, 0.5) is 5.69 Å². The highest BCUT2D eigenvalue weighted by Crippen LogP contribution is 2.20. The summed E-state index contributed by atoms with van der Waals surface area (Å²) in [7, 11) is 0. The Labute approximate surface area is 178 Å². The van der Waals surface area contributed by atoms with E-state index in [2.05, 4.69) is 10.2 Å². The number of quaternary nitrogens is 1. The van der Waals surface area contributed by atoms with Gasteiger partial charge in [-0.2, -0.15) is 0 Å². The lowest BCUT2D eigenvalue weighted by Gasteiger charge is -2.26. The third-order valence-corrected chi connectivity index (χ3v) is 6.18. The van der Waals surface area contributed by atoms with E-state index in [-0.39, 0.29) is 0 Å². The van der Waals surface area contributed by atoms with Crippen LogP contribution in [0.25, 0.3) is 0 Å². The van der Waals surface area contributed by atoms with Gasteiger partial charge in [-0.1, -0.05) is 11.6 Å². The van der Waals surface area contributed by atoms with E-state index < -0.39 is 0 Å². The number of anilines is 1. The first-order valence-electron chi connectivity index (χ1n) is 10.3. The van der Waals surface area contributed by atoms with Crippen molar-refractivity contribution in [1.29, 1.82) is 0 Å². The molecule has 2 heterocycles. The van der Waals surface area contributed by atoms with Crippen molar-refractivity contribution in [3.05, 3.63) is 52.9 Å². The standard InChI is InChI=1S/C22H30ClN3OS/c1-18-16-19(9-10-21(18)23)24-22(28)26(17-20-8-6-15-27-20)14-7-13-25-11-4-2-3-5-12-25/h6,8-10,15-16H,2-5,7,11-14,17H2,1H3,(H,24,28)/p+1. The minimum absolute atomic E-state index is 0.681. The minimum atomic E-state index is 0.681. The number of thiocarbonyl (C=S) groups is 1. The van der Waals surface area contributed by atoms with E-state index in [9.17, 15) is 0 Å². The molecule has 2 N–H and O–H groups in total. The summed E-state index contributed by atoms with van der Waals surface area (Å²) in [5.41, 5.74) is 2.01. The summed E-state index contributed by atoms with van der Waals surface area (Å²) in [5.74, 6) is 0.929. The second kappa shape index (κ2) is 10.8. The first-order chi connectivity index (χ1) is 13.6. The Hall–Kier alpha value is -1.56. The van der Waals surface area contributed by atoms with Gasteiger partial charge in [0.2, 0.25) is 0 Å². The smallest absolute Gasteiger partial charge is 0.173 e. The summed E-state index contributed by atoms with van der Waals surface area (Å²) in [6.45, 7) is 7.43. The largest absolute Gasteiger partial charge is 0.467 e. The third-order valence-electron chi connectivity index (χ3n) is 5.39. The summed E-state index contributed by atoms with van der Waals surface area (Å²) in [5, 5.41) is 4.87. The predicted molar refractivity (Wildman–Crippen MR) is 120 cm³/mol. The molecule has 0 unspecified atom stereocenters. The van der Waals surface area contributed by atoms with Crippen LogP contribution in [0.15, 0.2) is 41.0 Å². The third kappa shape index (κ3) is 6.50. The van der Waals surface area contributed by atoms with Gasteiger partial charge in [-0.25, -0.2) is 0 Å². The number of halogens is 1. The van der Waals surface area contributed by atoms with Crippen molar-refractivity contribution in [2.45, 2.75) is 45.6 Å². The van der Waals surface area contributed by atoms with Gasteiger partial charge in [0.1, 0.15) is 5.76 Å². The van der Waals surface area contributed by atoms with Gasteiger partial charge >= 0.3 is 0 Å². The highest BCUT2D eigenvalue weighted by Gasteiger charge is 2.16. The predicted octanol–water partition coefficient (Wildman–Crippen LogP) is 4.29. The molecule has 0 bridgehead atoms. The summed E-state index contributed by atoms with van der Waals surface area (Å²) >= 11 is 11.9. The maximum atomic E-state index is 6.14. The molecule has 1 saturated heterocycles. The summed E-state index contributed by atoms with van der Waals surface area (Å²) < 4.78 is 5.56. The normalized spacial score (nSPS) is 15.2. The highest BCUT2D eigenvalue weighted by atomic mass is 35.5. The maximum absolute atomic E-state index is 6.14. The number of likely N-dealkylation sites (tertiary alicyclic amines) is 1. The van der Waals surface area contributed by atoms with Crippen LogP contribution in [0, 0.1) is 6.92 Å². The van der Waals surface area contributed by atoms with Gasteiger partial charge in [-0.3, -0.25) is 0 Å². The van der Waals surface area contributed by atoms with E-state index in [1.54, 1.807) is 11.2 Å².